The Morgan fingerprint density at radius 1 is 1.27 bits per heavy atom. The Morgan fingerprint density at radius 3 is 2.41 bits per heavy atom. The van der Waals surface area contributed by atoms with Crippen molar-refractivity contribution < 1.29 is 4.92 Å². The molecule has 1 aliphatic rings. The van der Waals surface area contributed by atoms with Crippen LogP contribution in [-0.2, 0) is 0 Å². The van der Waals surface area contributed by atoms with Gasteiger partial charge in [0.1, 0.15) is 0 Å². The van der Waals surface area contributed by atoms with Crippen LogP contribution in [0, 0.1) is 15.5 Å². The predicted molar refractivity (Wildman–Crippen MR) is 90.8 cm³/mol. The summed E-state index contributed by atoms with van der Waals surface area (Å²) < 4.78 is 0. The number of hydrogen-bond acceptors (Lipinski definition) is 4. The zero-order valence-corrected chi connectivity index (χ0v) is 14.2. The van der Waals surface area contributed by atoms with E-state index in [-0.39, 0.29) is 16.0 Å². The van der Waals surface area contributed by atoms with Crippen LogP contribution in [0.15, 0.2) is 24.3 Å². The van der Waals surface area contributed by atoms with Gasteiger partial charge in [0.05, 0.1) is 4.92 Å². The number of nitro benzene ring substituents is 1. The van der Waals surface area contributed by atoms with E-state index in [2.05, 4.69) is 30.6 Å². The maximum Gasteiger partial charge on any atom is 0.269 e. The van der Waals surface area contributed by atoms with E-state index >= 15 is 0 Å². The predicted octanol–water partition coefficient (Wildman–Crippen LogP) is 3.37. The molecule has 1 saturated heterocycles. The average Bonchev–Trinajstić information content (AvgIpc) is 2.47. The number of nitrogens with zero attached hydrogens (tertiary/aromatic N) is 3. The van der Waals surface area contributed by atoms with Gasteiger partial charge in [0.25, 0.3) is 5.69 Å². The molecule has 1 fully saturated rings. The molecule has 0 radical (unpaired) electrons. The van der Waals surface area contributed by atoms with Crippen molar-refractivity contribution in [3.63, 3.8) is 0 Å². The second kappa shape index (κ2) is 6.84. The SMILES string of the molecule is CC(C)(C)C1CN(c2ccc([N+](=O)[O-])cc2)CCN1CCCl. The van der Waals surface area contributed by atoms with Gasteiger partial charge < -0.3 is 4.90 Å². The smallest absolute Gasteiger partial charge is 0.269 e. The van der Waals surface area contributed by atoms with Crippen LogP contribution in [0.1, 0.15) is 20.8 Å². The molecule has 122 valence electrons. The van der Waals surface area contributed by atoms with Gasteiger partial charge in [-0.1, -0.05) is 20.8 Å². The standard InChI is InChI=1S/C16H24ClN3O2/c1-16(2,3)15-12-19(11-10-18(15)9-8-17)13-4-6-14(7-5-13)20(21)22/h4-7,15H,8-12H2,1-3H3. The van der Waals surface area contributed by atoms with E-state index in [1.165, 1.54) is 0 Å². The molecule has 1 aromatic rings. The maximum absolute atomic E-state index is 10.8. The molecule has 5 nitrogen and oxygen atoms in total. The Kier molecular flexibility index (Phi) is 5.29. The molecule has 0 spiro atoms. The molecule has 0 amide bonds. The third kappa shape index (κ3) is 3.90. The summed E-state index contributed by atoms with van der Waals surface area (Å²) in [5.74, 6) is 0.643. The van der Waals surface area contributed by atoms with Gasteiger partial charge in [0, 0.05) is 55.9 Å². The van der Waals surface area contributed by atoms with Crippen molar-refractivity contribution in [1.82, 2.24) is 4.90 Å². The van der Waals surface area contributed by atoms with Gasteiger partial charge in [-0.15, -0.1) is 11.6 Å². The van der Waals surface area contributed by atoms with Crippen LogP contribution < -0.4 is 4.90 Å². The van der Waals surface area contributed by atoms with Crippen molar-refractivity contribution in [3.8, 4) is 0 Å². The summed E-state index contributed by atoms with van der Waals surface area (Å²) in [5, 5.41) is 10.8. The molecule has 0 saturated carbocycles. The lowest BCUT2D eigenvalue weighted by Crippen LogP contribution is -2.58. The van der Waals surface area contributed by atoms with Gasteiger partial charge in [0.2, 0.25) is 0 Å². The molecular formula is C16H24ClN3O2. The first-order valence-electron chi connectivity index (χ1n) is 7.62. The highest BCUT2D eigenvalue weighted by molar-refractivity contribution is 6.18. The van der Waals surface area contributed by atoms with Crippen LogP contribution in [0.2, 0.25) is 0 Å². The molecule has 1 heterocycles. The molecule has 0 N–H and O–H groups in total. The highest BCUT2D eigenvalue weighted by atomic mass is 35.5. The van der Waals surface area contributed by atoms with Gasteiger partial charge in [0.15, 0.2) is 0 Å². The fourth-order valence-electron chi connectivity index (χ4n) is 3.04. The molecule has 1 aliphatic heterocycles. The average molecular weight is 326 g/mol. The highest BCUT2D eigenvalue weighted by Gasteiger charge is 2.35. The largest absolute Gasteiger partial charge is 0.369 e. The Bertz CT molecular complexity index is 513. The number of alkyl halides is 1. The number of non-ortho nitro benzene ring substituents is 1. The Morgan fingerprint density at radius 2 is 1.91 bits per heavy atom. The molecule has 0 bridgehead atoms. The molecule has 6 heteroatoms. The fourth-order valence-corrected chi connectivity index (χ4v) is 3.26. The summed E-state index contributed by atoms with van der Waals surface area (Å²) in [4.78, 5) is 15.2. The molecule has 1 unspecified atom stereocenters. The first-order valence-corrected chi connectivity index (χ1v) is 8.16. The Balaban J connectivity index is 2.15. The minimum atomic E-state index is -0.361. The maximum atomic E-state index is 10.8. The van der Waals surface area contributed by atoms with Crippen molar-refractivity contribution in [3.05, 3.63) is 34.4 Å². The lowest BCUT2D eigenvalue weighted by molar-refractivity contribution is -0.384. The van der Waals surface area contributed by atoms with Crippen LogP contribution in [0.4, 0.5) is 11.4 Å². The zero-order chi connectivity index (χ0) is 16.3. The fraction of sp³-hybridized carbons (Fsp3) is 0.625. The van der Waals surface area contributed by atoms with Gasteiger partial charge in [-0.05, 0) is 17.5 Å². The van der Waals surface area contributed by atoms with E-state index in [0.717, 1.165) is 31.9 Å². The van der Waals surface area contributed by atoms with E-state index in [9.17, 15) is 10.1 Å². The molecule has 0 aliphatic carbocycles. The zero-order valence-electron chi connectivity index (χ0n) is 13.5. The molecule has 22 heavy (non-hydrogen) atoms. The molecular weight excluding hydrogens is 302 g/mol. The van der Waals surface area contributed by atoms with E-state index in [0.29, 0.717) is 11.9 Å². The van der Waals surface area contributed by atoms with Crippen molar-refractivity contribution in [1.29, 1.82) is 0 Å². The lowest BCUT2D eigenvalue weighted by Gasteiger charge is -2.48. The van der Waals surface area contributed by atoms with Crippen LogP contribution in [-0.4, -0.2) is 47.9 Å². The number of nitro groups is 1. The van der Waals surface area contributed by atoms with Gasteiger partial charge >= 0.3 is 0 Å². The normalized spacial score (nSPS) is 20.2. The van der Waals surface area contributed by atoms with Crippen LogP contribution in [0.5, 0.6) is 0 Å². The van der Waals surface area contributed by atoms with Gasteiger partial charge in [-0.2, -0.15) is 0 Å². The summed E-state index contributed by atoms with van der Waals surface area (Å²) in [5.41, 5.74) is 1.34. The van der Waals surface area contributed by atoms with Gasteiger partial charge in [-0.3, -0.25) is 15.0 Å². The number of anilines is 1. The van der Waals surface area contributed by atoms with E-state index in [1.54, 1.807) is 12.1 Å². The molecule has 1 aromatic carbocycles. The lowest BCUT2D eigenvalue weighted by atomic mass is 9.84. The van der Waals surface area contributed by atoms with Crippen molar-refractivity contribution in [2.24, 2.45) is 5.41 Å². The van der Waals surface area contributed by atoms with Crippen LogP contribution in [0.3, 0.4) is 0 Å². The number of rotatable bonds is 4. The second-order valence-electron chi connectivity index (χ2n) is 6.83. The number of halogens is 1. The number of piperazine rings is 1. The minimum Gasteiger partial charge on any atom is -0.369 e. The highest BCUT2D eigenvalue weighted by Crippen LogP contribution is 2.30. The molecule has 1 atom stereocenters. The molecule has 0 aromatic heterocycles. The van der Waals surface area contributed by atoms with E-state index < -0.39 is 0 Å². The topological polar surface area (TPSA) is 49.6 Å². The van der Waals surface area contributed by atoms with E-state index in [4.69, 9.17) is 11.6 Å². The first kappa shape index (κ1) is 17.0. The van der Waals surface area contributed by atoms with Crippen molar-refractivity contribution in [2.45, 2.75) is 26.8 Å². The van der Waals surface area contributed by atoms with E-state index in [1.807, 2.05) is 12.1 Å². The van der Waals surface area contributed by atoms with Crippen LogP contribution in [0.25, 0.3) is 0 Å². The third-order valence-corrected chi connectivity index (χ3v) is 4.46. The van der Waals surface area contributed by atoms with Crippen molar-refractivity contribution in [2.75, 3.05) is 37.0 Å². The number of hydrogen-bond donors (Lipinski definition) is 0. The summed E-state index contributed by atoms with van der Waals surface area (Å²) in [6.07, 6.45) is 0. The quantitative estimate of drug-likeness (QED) is 0.484. The monoisotopic (exact) mass is 325 g/mol. The van der Waals surface area contributed by atoms with Crippen molar-refractivity contribution >= 4 is 23.0 Å². The Labute approximate surface area is 137 Å². The van der Waals surface area contributed by atoms with Crippen LogP contribution >= 0.6 is 11.6 Å². The summed E-state index contributed by atoms with van der Waals surface area (Å²) in [6.45, 7) is 10.4. The summed E-state index contributed by atoms with van der Waals surface area (Å²) in [7, 11) is 0. The molecule has 2 rings (SSSR count). The second-order valence-corrected chi connectivity index (χ2v) is 7.20. The minimum absolute atomic E-state index is 0.136. The summed E-state index contributed by atoms with van der Waals surface area (Å²) >= 11 is 5.93. The third-order valence-electron chi connectivity index (χ3n) is 4.29. The number of benzene rings is 1. The van der Waals surface area contributed by atoms with Gasteiger partial charge in [-0.25, -0.2) is 0 Å². The Hall–Kier alpha value is -1.33. The summed E-state index contributed by atoms with van der Waals surface area (Å²) in [6, 6.07) is 7.25. The first-order chi connectivity index (χ1) is 10.3.